The average Bonchev–Trinajstić information content (AvgIpc) is 2.76. The molecule has 1 saturated heterocycles. The molecule has 0 bridgehead atoms. The summed E-state index contributed by atoms with van der Waals surface area (Å²) in [6.45, 7) is 7.98. The van der Waals surface area contributed by atoms with Gasteiger partial charge in [0.1, 0.15) is 5.71 Å². The van der Waals surface area contributed by atoms with Crippen LogP contribution in [0.1, 0.15) is 52.4 Å². The molecule has 2 amide bonds. The maximum atomic E-state index is 12.6. The van der Waals surface area contributed by atoms with E-state index in [-0.39, 0.29) is 17.9 Å². The van der Waals surface area contributed by atoms with Crippen LogP contribution in [-0.2, 0) is 9.59 Å². The molecule has 2 aliphatic rings. The molecule has 2 aliphatic heterocycles. The lowest BCUT2D eigenvalue weighted by Crippen LogP contribution is -2.47. The van der Waals surface area contributed by atoms with E-state index in [1.807, 2.05) is 18.7 Å². The van der Waals surface area contributed by atoms with Gasteiger partial charge in [0.05, 0.1) is 0 Å². The normalized spacial score (nSPS) is 20.3. The van der Waals surface area contributed by atoms with Crippen LogP contribution < -0.4 is 5.43 Å². The van der Waals surface area contributed by atoms with Crippen molar-refractivity contribution in [3.63, 3.8) is 0 Å². The summed E-state index contributed by atoms with van der Waals surface area (Å²) in [5, 5.41) is 3.94. The van der Waals surface area contributed by atoms with Gasteiger partial charge >= 0.3 is 0 Å². The average molecular weight is 308 g/mol. The molecule has 6 heteroatoms. The molecule has 0 atom stereocenters. The van der Waals surface area contributed by atoms with Crippen molar-refractivity contribution < 1.29 is 9.59 Å². The van der Waals surface area contributed by atoms with Crippen molar-refractivity contribution in [2.24, 2.45) is 5.10 Å². The predicted molar refractivity (Wildman–Crippen MR) is 86.6 cm³/mol. The number of nitrogens with one attached hydrogen (secondary N) is 1. The molecule has 124 valence electrons. The Labute approximate surface area is 132 Å². The van der Waals surface area contributed by atoms with Gasteiger partial charge in [-0.3, -0.25) is 9.59 Å². The molecule has 1 fully saturated rings. The lowest BCUT2D eigenvalue weighted by Gasteiger charge is -2.30. The zero-order valence-electron chi connectivity index (χ0n) is 13.8. The van der Waals surface area contributed by atoms with Gasteiger partial charge in [0.15, 0.2) is 0 Å². The summed E-state index contributed by atoms with van der Waals surface area (Å²) < 4.78 is 0. The number of nitrogens with zero attached hydrogens (tertiary/aromatic N) is 3. The Hall–Kier alpha value is -1.43. The van der Waals surface area contributed by atoms with Gasteiger partial charge in [-0.05, 0) is 39.8 Å². The zero-order valence-corrected chi connectivity index (χ0v) is 13.8. The second-order valence-corrected chi connectivity index (χ2v) is 6.44. The van der Waals surface area contributed by atoms with E-state index >= 15 is 0 Å². The molecule has 0 spiro atoms. The summed E-state index contributed by atoms with van der Waals surface area (Å²) in [6.07, 6.45) is 5.95. The Morgan fingerprint density at radius 1 is 1.23 bits per heavy atom. The van der Waals surface area contributed by atoms with E-state index in [1.54, 1.807) is 0 Å². The third-order valence-corrected chi connectivity index (χ3v) is 4.39. The number of hydrogen-bond donors (Lipinski definition) is 1. The molecule has 0 aromatic rings. The van der Waals surface area contributed by atoms with Crippen LogP contribution in [0.3, 0.4) is 0 Å². The fourth-order valence-electron chi connectivity index (χ4n) is 3.00. The molecule has 2 rings (SSSR count). The van der Waals surface area contributed by atoms with Crippen molar-refractivity contribution in [2.45, 2.75) is 58.4 Å². The smallest absolute Gasteiger partial charge is 0.270 e. The number of carbonyl (C=O) groups excluding carboxylic acids is 2. The highest BCUT2D eigenvalue weighted by Crippen LogP contribution is 2.11. The minimum Gasteiger partial charge on any atom is -0.334 e. The van der Waals surface area contributed by atoms with E-state index in [0.29, 0.717) is 18.6 Å². The molecule has 6 nitrogen and oxygen atoms in total. The molecule has 0 aliphatic carbocycles. The number of hydrogen-bond acceptors (Lipinski definition) is 4. The summed E-state index contributed by atoms with van der Waals surface area (Å²) in [6, 6.07) is 0.139. The highest BCUT2D eigenvalue weighted by molar-refractivity contribution is 6.39. The van der Waals surface area contributed by atoms with E-state index in [1.165, 1.54) is 25.7 Å². The minimum atomic E-state index is -0.114. The molecular weight excluding hydrogens is 280 g/mol. The highest BCUT2D eigenvalue weighted by Gasteiger charge is 2.25. The first-order valence-electron chi connectivity index (χ1n) is 8.46. The number of hydrazone groups is 1. The summed E-state index contributed by atoms with van der Waals surface area (Å²) in [4.78, 5) is 28.1. The summed E-state index contributed by atoms with van der Waals surface area (Å²) >= 11 is 0. The molecule has 0 aromatic heterocycles. The SMILES string of the molecule is CC(C)N(CCN1CCCCCC1)C(=O)C1=NNC(=O)CC1. The van der Waals surface area contributed by atoms with Crippen LogP contribution in [0.4, 0.5) is 0 Å². The Morgan fingerprint density at radius 2 is 1.91 bits per heavy atom. The van der Waals surface area contributed by atoms with E-state index in [0.717, 1.165) is 26.2 Å². The third kappa shape index (κ3) is 4.80. The van der Waals surface area contributed by atoms with Crippen LogP contribution in [0.25, 0.3) is 0 Å². The Balaban J connectivity index is 1.91. The summed E-state index contributed by atoms with van der Waals surface area (Å²) in [5.41, 5.74) is 2.89. The summed E-state index contributed by atoms with van der Waals surface area (Å²) in [5.74, 6) is -0.151. The van der Waals surface area contributed by atoms with Gasteiger partial charge in [-0.2, -0.15) is 5.10 Å². The first-order valence-corrected chi connectivity index (χ1v) is 8.46. The standard InChI is InChI=1S/C16H28N4O2/c1-13(2)20(12-11-19-9-5-3-4-6-10-19)16(22)14-7-8-15(21)18-17-14/h13H,3-12H2,1-2H3,(H,18,21). The largest absolute Gasteiger partial charge is 0.334 e. The predicted octanol–water partition coefficient (Wildman–Crippen LogP) is 1.37. The van der Waals surface area contributed by atoms with Crippen LogP contribution >= 0.6 is 0 Å². The second kappa shape index (κ2) is 8.27. The number of carbonyl (C=O) groups is 2. The Bertz CT molecular complexity index is 426. The van der Waals surface area contributed by atoms with E-state index < -0.39 is 0 Å². The first-order chi connectivity index (χ1) is 10.6. The topological polar surface area (TPSA) is 65.0 Å². The molecule has 0 unspecified atom stereocenters. The fourth-order valence-corrected chi connectivity index (χ4v) is 3.00. The molecule has 2 heterocycles. The van der Waals surface area contributed by atoms with Crippen molar-refractivity contribution in [1.29, 1.82) is 0 Å². The van der Waals surface area contributed by atoms with E-state index in [2.05, 4.69) is 15.4 Å². The van der Waals surface area contributed by atoms with Crippen molar-refractivity contribution >= 4 is 17.5 Å². The third-order valence-electron chi connectivity index (χ3n) is 4.39. The molecule has 0 radical (unpaired) electrons. The lowest BCUT2D eigenvalue weighted by molar-refractivity contribution is -0.126. The van der Waals surface area contributed by atoms with Crippen LogP contribution in [0.2, 0.25) is 0 Å². The molecule has 1 N–H and O–H groups in total. The van der Waals surface area contributed by atoms with Crippen LogP contribution in [0.15, 0.2) is 5.10 Å². The van der Waals surface area contributed by atoms with Crippen molar-refractivity contribution in [1.82, 2.24) is 15.2 Å². The van der Waals surface area contributed by atoms with E-state index in [9.17, 15) is 9.59 Å². The number of amides is 2. The van der Waals surface area contributed by atoms with Crippen LogP contribution in [0, 0.1) is 0 Å². The Kier molecular flexibility index (Phi) is 6.36. The van der Waals surface area contributed by atoms with Gasteiger partial charge in [0.2, 0.25) is 5.91 Å². The molecule has 0 saturated carbocycles. The maximum Gasteiger partial charge on any atom is 0.270 e. The highest BCUT2D eigenvalue weighted by atomic mass is 16.2. The molecule has 22 heavy (non-hydrogen) atoms. The summed E-state index contributed by atoms with van der Waals surface area (Å²) in [7, 11) is 0. The van der Waals surface area contributed by atoms with Gasteiger partial charge in [0.25, 0.3) is 5.91 Å². The Morgan fingerprint density at radius 3 is 2.45 bits per heavy atom. The van der Waals surface area contributed by atoms with Crippen molar-refractivity contribution in [2.75, 3.05) is 26.2 Å². The molecule has 0 aromatic carbocycles. The number of rotatable bonds is 5. The fraction of sp³-hybridized carbons (Fsp3) is 0.812. The van der Waals surface area contributed by atoms with Gasteiger partial charge in [-0.15, -0.1) is 0 Å². The van der Waals surface area contributed by atoms with Gasteiger partial charge < -0.3 is 9.80 Å². The lowest BCUT2D eigenvalue weighted by atomic mass is 10.1. The van der Waals surface area contributed by atoms with Gasteiger partial charge in [-0.1, -0.05) is 12.8 Å². The zero-order chi connectivity index (χ0) is 15.9. The van der Waals surface area contributed by atoms with E-state index in [4.69, 9.17) is 0 Å². The minimum absolute atomic E-state index is 0.0372. The second-order valence-electron chi connectivity index (χ2n) is 6.44. The quantitative estimate of drug-likeness (QED) is 0.834. The van der Waals surface area contributed by atoms with Crippen LogP contribution in [-0.4, -0.2) is 59.5 Å². The first kappa shape index (κ1) is 16.9. The van der Waals surface area contributed by atoms with Gasteiger partial charge in [-0.25, -0.2) is 5.43 Å². The maximum absolute atomic E-state index is 12.6. The number of likely N-dealkylation sites (tertiary alicyclic amines) is 1. The van der Waals surface area contributed by atoms with Crippen molar-refractivity contribution in [3.8, 4) is 0 Å². The van der Waals surface area contributed by atoms with Gasteiger partial charge in [0, 0.05) is 32.0 Å². The molecular formula is C16H28N4O2. The van der Waals surface area contributed by atoms with Crippen LogP contribution in [0.5, 0.6) is 0 Å². The monoisotopic (exact) mass is 308 g/mol. The van der Waals surface area contributed by atoms with Crippen molar-refractivity contribution in [3.05, 3.63) is 0 Å².